The summed E-state index contributed by atoms with van der Waals surface area (Å²) in [4.78, 5) is 66.8. The van der Waals surface area contributed by atoms with Crippen LogP contribution in [0.2, 0.25) is 5.02 Å². The van der Waals surface area contributed by atoms with E-state index in [-0.39, 0.29) is 63.6 Å². The number of carbonyl (C=O) groups excluding carboxylic acids is 2. The fourth-order valence-electron chi connectivity index (χ4n) is 6.39. The number of rotatable bonds is 14. The van der Waals surface area contributed by atoms with Crippen molar-refractivity contribution in [2.24, 2.45) is 16.0 Å². The van der Waals surface area contributed by atoms with Crippen molar-refractivity contribution in [3.63, 3.8) is 0 Å². The lowest BCUT2D eigenvalue weighted by Crippen LogP contribution is -2.71. The third-order valence-corrected chi connectivity index (χ3v) is 11.8. The van der Waals surface area contributed by atoms with Crippen molar-refractivity contribution < 1.29 is 48.0 Å². The number of nitrogen functional groups attached to an aromatic ring is 1. The zero-order chi connectivity index (χ0) is 41.5. The van der Waals surface area contributed by atoms with Gasteiger partial charge in [-0.3, -0.25) is 14.5 Å². The maximum Gasteiger partial charge on any atom is 0.352 e. The second-order valence-electron chi connectivity index (χ2n) is 13.9. The summed E-state index contributed by atoms with van der Waals surface area (Å²) in [5.41, 5.74) is 10.7. The summed E-state index contributed by atoms with van der Waals surface area (Å²) in [6.07, 6.45) is 6.67. The van der Waals surface area contributed by atoms with E-state index in [0.717, 1.165) is 42.4 Å². The van der Waals surface area contributed by atoms with E-state index >= 15 is 4.39 Å². The first-order chi connectivity index (χ1) is 27.6. The maximum atomic E-state index is 15.5. The molecule has 7 rings (SSSR count). The molecule has 3 aliphatic rings. The van der Waals surface area contributed by atoms with Crippen molar-refractivity contribution in [2.75, 3.05) is 24.6 Å². The van der Waals surface area contributed by atoms with Crippen LogP contribution in [0.5, 0.6) is 0 Å². The van der Waals surface area contributed by atoms with Crippen molar-refractivity contribution in [1.29, 1.82) is 0 Å². The van der Waals surface area contributed by atoms with Crippen molar-refractivity contribution in [3.05, 3.63) is 75.9 Å². The Kier molecular flexibility index (Phi) is 11.3. The molecule has 0 unspecified atom stereocenters. The standard InChI is InChI=1S/C34H36ClFN12O8S2/c1-34(2,32(53)54)56-42-23(27-41-33(38)58-44-27)28(49)40-24-29(50)48-25(31(51)52)17(15-57-30(24)48)13-46-8-5-22-45(9-10-47(22)46)14-19-20(35)11-16(12-21(19)36)26(37)43-55-18-3-6-39-7-4-18/h5,8-12,18,24,30,39H,3-4,6-7,13-15H2,1-2H3,(H6-,37,38,40,41,43,44,49,51,52,53,54)/p+1/b42-23-/t24-,30-/m1/s1. The van der Waals surface area contributed by atoms with Gasteiger partial charge in [0.1, 0.15) is 41.8 Å². The number of piperidine rings is 1. The number of carboxylic acids is 2. The molecule has 4 aromatic rings. The smallest absolute Gasteiger partial charge is 0.352 e. The number of nitrogens with two attached hydrogens (primary N) is 2. The molecule has 3 aliphatic heterocycles. The minimum absolute atomic E-state index is 0.00460. The van der Waals surface area contributed by atoms with E-state index in [9.17, 15) is 29.4 Å². The second-order valence-corrected chi connectivity index (χ2v) is 16.2. The average Bonchev–Trinajstić information content (AvgIpc) is 3.92. The van der Waals surface area contributed by atoms with E-state index in [1.54, 1.807) is 38.4 Å². The molecular formula is C34H37ClFN12O8S2+. The average molecular weight is 860 g/mol. The molecule has 0 bridgehead atoms. The van der Waals surface area contributed by atoms with Gasteiger partial charge in [0.15, 0.2) is 17.2 Å². The van der Waals surface area contributed by atoms with Crippen molar-refractivity contribution in [2.45, 2.75) is 62.9 Å². The van der Waals surface area contributed by atoms with Gasteiger partial charge in [0.25, 0.3) is 11.8 Å². The topological polar surface area (TPSA) is 270 Å². The van der Waals surface area contributed by atoms with Crippen LogP contribution in [0.4, 0.5) is 9.52 Å². The summed E-state index contributed by atoms with van der Waals surface area (Å²) >= 11 is 8.55. The number of anilines is 1. The summed E-state index contributed by atoms with van der Waals surface area (Å²) in [5.74, 6) is -5.01. The van der Waals surface area contributed by atoms with Crippen LogP contribution in [-0.2, 0) is 41.9 Å². The first-order valence-electron chi connectivity index (χ1n) is 17.7. The van der Waals surface area contributed by atoms with E-state index in [2.05, 4.69) is 30.3 Å². The molecule has 8 N–H and O–H groups in total. The molecule has 2 saturated heterocycles. The van der Waals surface area contributed by atoms with Crippen LogP contribution < -0.4 is 26.7 Å². The lowest BCUT2D eigenvalue weighted by atomic mass is 10.0. The number of halogens is 2. The Morgan fingerprint density at radius 2 is 1.97 bits per heavy atom. The van der Waals surface area contributed by atoms with E-state index in [0.29, 0.717) is 11.2 Å². The molecule has 2 amide bonds. The van der Waals surface area contributed by atoms with Crippen LogP contribution in [-0.4, -0.2) is 111 Å². The molecule has 0 saturated carbocycles. The molecular weight excluding hydrogens is 823 g/mol. The minimum atomic E-state index is -1.83. The van der Waals surface area contributed by atoms with Crippen LogP contribution in [0.3, 0.4) is 0 Å². The molecule has 20 nitrogen and oxygen atoms in total. The minimum Gasteiger partial charge on any atom is -0.478 e. The molecule has 2 atom stereocenters. The molecule has 0 spiro atoms. The number of aliphatic carboxylic acids is 2. The molecule has 0 aliphatic carbocycles. The van der Waals surface area contributed by atoms with Gasteiger partial charge < -0.3 is 42.0 Å². The first kappa shape index (κ1) is 40.4. The summed E-state index contributed by atoms with van der Waals surface area (Å²) in [5, 5.41) is 32.5. The number of amides is 2. The zero-order valence-electron chi connectivity index (χ0n) is 30.8. The van der Waals surface area contributed by atoms with Gasteiger partial charge in [0.05, 0.1) is 23.8 Å². The fourth-order valence-corrected chi connectivity index (χ4v) is 8.42. The SMILES string of the molecule is CC(C)(O/N=C(\C(=O)N[C@@H]1C(=O)N2C(C(=O)O)=C(Cn3ccc4n3cc[n+]4Cc3c(F)cc(/C(N)=N/OC4CCNCC4)cc3Cl)CS[C@H]12)c1nsc(N)n1)C(=O)O. The highest BCUT2D eigenvalue weighted by Gasteiger charge is 2.54. The highest BCUT2D eigenvalue weighted by molar-refractivity contribution is 8.00. The van der Waals surface area contributed by atoms with Crippen LogP contribution in [0, 0.1) is 5.82 Å². The van der Waals surface area contributed by atoms with Crippen molar-refractivity contribution >= 4 is 81.0 Å². The highest BCUT2D eigenvalue weighted by atomic mass is 35.5. The van der Waals surface area contributed by atoms with E-state index in [1.807, 2.05) is 0 Å². The number of benzene rings is 1. The number of nitrogens with zero attached hydrogens (tertiary/aromatic N) is 8. The number of nitrogens with one attached hydrogen (secondary N) is 2. The van der Waals surface area contributed by atoms with E-state index < -0.39 is 52.3 Å². The first-order valence-corrected chi connectivity index (χ1v) is 19.9. The lowest BCUT2D eigenvalue weighted by Gasteiger charge is -2.49. The number of carboxylic acid groups (broad SMARTS) is 2. The third kappa shape index (κ3) is 8.01. The molecule has 306 valence electrons. The number of fused-ring (bicyclic) bond motifs is 2. The van der Waals surface area contributed by atoms with Gasteiger partial charge in [0, 0.05) is 28.4 Å². The third-order valence-electron chi connectivity index (χ3n) is 9.58. The number of aromatic nitrogens is 5. The van der Waals surface area contributed by atoms with Crippen molar-refractivity contribution in [1.82, 2.24) is 34.1 Å². The summed E-state index contributed by atoms with van der Waals surface area (Å²) in [6, 6.07) is 3.39. The number of oxime groups is 2. The second kappa shape index (κ2) is 16.2. The Labute approximate surface area is 341 Å². The van der Waals surface area contributed by atoms with Crippen LogP contribution >= 0.6 is 34.9 Å². The van der Waals surface area contributed by atoms with Gasteiger partial charge in [-0.2, -0.15) is 9.36 Å². The van der Waals surface area contributed by atoms with E-state index in [4.69, 9.17) is 32.7 Å². The lowest BCUT2D eigenvalue weighted by molar-refractivity contribution is -0.662. The Morgan fingerprint density at radius 1 is 1.21 bits per heavy atom. The largest absolute Gasteiger partial charge is 0.478 e. The molecule has 1 aromatic carbocycles. The Balaban J connectivity index is 1.05. The normalized spacial score (nSPS) is 19.2. The number of hydrogen-bond donors (Lipinski definition) is 6. The molecule has 6 heterocycles. The Hall–Kier alpha value is -5.78. The monoisotopic (exact) mass is 859 g/mol. The molecule has 3 aromatic heterocycles. The zero-order valence-corrected chi connectivity index (χ0v) is 33.2. The van der Waals surface area contributed by atoms with Gasteiger partial charge in [-0.15, -0.1) is 16.3 Å². The number of thioether (sulfide) groups is 1. The maximum absolute atomic E-state index is 15.5. The molecule has 0 radical (unpaired) electrons. The number of carbonyl (C=O) groups is 4. The Morgan fingerprint density at radius 3 is 2.64 bits per heavy atom. The van der Waals surface area contributed by atoms with Crippen molar-refractivity contribution in [3.8, 4) is 0 Å². The number of β-lactam (4-membered cyclic amide) rings is 1. The predicted octanol–water partition coefficient (Wildman–Crippen LogP) is 0.714. The van der Waals surface area contributed by atoms with Gasteiger partial charge in [0.2, 0.25) is 17.1 Å². The van der Waals surface area contributed by atoms with Gasteiger partial charge in [-0.1, -0.05) is 21.9 Å². The number of hydrogen-bond acceptors (Lipinski definition) is 14. The van der Waals surface area contributed by atoms with Gasteiger partial charge in [-0.25, -0.2) is 23.2 Å². The summed E-state index contributed by atoms with van der Waals surface area (Å²) < 4.78 is 24.7. The summed E-state index contributed by atoms with van der Waals surface area (Å²) in [7, 11) is 0. The molecule has 24 heteroatoms. The predicted molar refractivity (Wildman–Crippen MR) is 207 cm³/mol. The Bertz CT molecular complexity index is 2380. The van der Waals surface area contributed by atoms with Gasteiger partial charge >= 0.3 is 17.6 Å². The van der Waals surface area contributed by atoms with Crippen LogP contribution in [0.1, 0.15) is 43.6 Å². The van der Waals surface area contributed by atoms with Crippen LogP contribution in [0.25, 0.3) is 5.65 Å². The molecule has 2 fully saturated rings. The van der Waals surface area contributed by atoms with Crippen LogP contribution in [0.15, 0.2) is 58.4 Å². The fraction of sp³-hybridized carbons (Fsp3) is 0.382. The highest BCUT2D eigenvalue weighted by Crippen LogP contribution is 2.41. The van der Waals surface area contributed by atoms with Gasteiger partial charge in [-0.05, 0) is 57.5 Å². The summed E-state index contributed by atoms with van der Waals surface area (Å²) in [6.45, 7) is 4.19. The number of amidine groups is 1. The number of imidazole rings is 1. The molecule has 58 heavy (non-hydrogen) atoms. The van der Waals surface area contributed by atoms with E-state index in [1.165, 1.54) is 37.7 Å². The quantitative estimate of drug-likeness (QED) is 0.0336.